The maximum absolute atomic E-state index is 3.63. The monoisotopic (exact) mass is 705 g/mol. The summed E-state index contributed by atoms with van der Waals surface area (Å²) in [5.74, 6) is 0. The van der Waals surface area contributed by atoms with E-state index in [0.29, 0.717) is 0 Å². The Balaban J connectivity index is 1.64. The van der Waals surface area contributed by atoms with Gasteiger partial charge in [-0.15, -0.1) is 0 Å². The van der Waals surface area contributed by atoms with Gasteiger partial charge in [0.15, 0.2) is 0 Å². The summed E-state index contributed by atoms with van der Waals surface area (Å²) in [5, 5.41) is 0. The second-order valence-electron chi connectivity index (χ2n) is 14.1. The minimum Gasteiger partial charge on any atom is -0.0622 e. The fourth-order valence-electron chi connectivity index (χ4n) is 7.04. The van der Waals surface area contributed by atoms with Crippen LogP contribution < -0.4 is 0 Å². The van der Waals surface area contributed by atoms with Gasteiger partial charge in [0, 0.05) is 5.41 Å². The van der Waals surface area contributed by atoms with Crippen molar-refractivity contribution >= 4 is 60.8 Å². The van der Waals surface area contributed by atoms with Gasteiger partial charge in [0.05, 0.1) is 0 Å². The van der Waals surface area contributed by atoms with Crippen LogP contribution in [0, 0.1) is 6.07 Å². The molecule has 0 spiro atoms. The zero-order valence-electron chi connectivity index (χ0n) is 31.5. The molecule has 0 unspecified atom stereocenters. The summed E-state index contributed by atoms with van der Waals surface area (Å²) in [7, 11) is 0. The van der Waals surface area contributed by atoms with Crippen LogP contribution in [0.5, 0.6) is 0 Å². The molecule has 0 amide bonds. The summed E-state index contributed by atoms with van der Waals surface area (Å²) in [6, 6.07) is 64.9. The molecular formula is C55H45. The van der Waals surface area contributed by atoms with Crippen molar-refractivity contribution in [3.63, 3.8) is 0 Å². The molecule has 7 aromatic carbocycles. The maximum atomic E-state index is 3.63. The standard InChI is InChI=1S/C55H45/c1-55(2,48-31-19-8-20-32-48)54-52(41-36-46-27-15-6-16-28-46)50(39-34-44-23-11-4-12-24-44)49(38-33-43-21-9-3-10-22-43)51(40-35-45-25-13-5-14-26-45)53(54)42-37-47-29-17-7-18-30-47/h3-31,33-42H,1-2H3/b38-33+,39-34+,40-35+,41-36+,42-37+. The third-order valence-electron chi connectivity index (χ3n) is 9.92. The number of hydrogen-bond donors (Lipinski definition) is 0. The third kappa shape index (κ3) is 9.25. The lowest BCUT2D eigenvalue weighted by atomic mass is 9.70. The van der Waals surface area contributed by atoms with Crippen molar-refractivity contribution in [2.24, 2.45) is 0 Å². The highest BCUT2D eigenvalue weighted by Crippen LogP contribution is 2.44. The van der Waals surface area contributed by atoms with Gasteiger partial charge >= 0.3 is 0 Å². The minimum atomic E-state index is -0.444. The van der Waals surface area contributed by atoms with E-state index in [0.717, 1.165) is 61.2 Å². The van der Waals surface area contributed by atoms with E-state index in [-0.39, 0.29) is 0 Å². The Morgan fingerprint density at radius 3 is 0.873 bits per heavy atom. The minimum absolute atomic E-state index is 0.444. The molecule has 0 aliphatic carbocycles. The maximum Gasteiger partial charge on any atom is 0.0165 e. The summed E-state index contributed by atoms with van der Waals surface area (Å²) >= 11 is 0. The molecule has 0 nitrogen and oxygen atoms in total. The summed E-state index contributed by atoms with van der Waals surface area (Å²) < 4.78 is 0. The molecule has 0 saturated heterocycles. The molecule has 0 heteroatoms. The Kier molecular flexibility index (Phi) is 11.9. The predicted molar refractivity (Wildman–Crippen MR) is 241 cm³/mol. The SMILES string of the molecule is CC(C)(c1[c]cccc1)c1c(/C=C/c2ccccc2)c(/C=C/c2ccccc2)c(/C=C/c2ccccc2)c(/C=C/c2ccccc2)c1/C=C/c1ccccc1. The lowest BCUT2D eigenvalue weighted by Crippen LogP contribution is -2.23. The second kappa shape index (κ2) is 17.8. The average Bonchev–Trinajstić information content (AvgIpc) is 3.25. The highest BCUT2D eigenvalue weighted by molar-refractivity contribution is 5.96. The summed E-state index contributed by atoms with van der Waals surface area (Å²) in [6.45, 7) is 4.67. The van der Waals surface area contributed by atoms with Gasteiger partial charge in [-0.05, 0) is 72.8 Å². The predicted octanol–water partition coefficient (Wildman–Crippen LogP) is 14.7. The van der Waals surface area contributed by atoms with E-state index < -0.39 is 5.41 Å². The lowest BCUT2D eigenvalue weighted by molar-refractivity contribution is 0.636. The fourth-order valence-corrected chi connectivity index (χ4v) is 7.04. The molecular weight excluding hydrogens is 661 g/mol. The van der Waals surface area contributed by atoms with Gasteiger partial charge in [0.1, 0.15) is 0 Å². The number of benzene rings is 7. The molecule has 0 atom stereocenters. The van der Waals surface area contributed by atoms with Crippen LogP contribution >= 0.6 is 0 Å². The van der Waals surface area contributed by atoms with Crippen LogP contribution in [0.2, 0.25) is 0 Å². The molecule has 0 aliphatic rings. The van der Waals surface area contributed by atoms with Gasteiger partial charge in [0.2, 0.25) is 0 Å². The van der Waals surface area contributed by atoms with E-state index in [1.165, 1.54) is 5.56 Å². The van der Waals surface area contributed by atoms with Crippen molar-refractivity contribution in [2.45, 2.75) is 19.3 Å². The molecule has 0 heterocycles. The van der Waals surface area contributed by atoms with Gasteiger partial charge in [-0.2, -0.15) is 0 Å². The van der Waals surface area contributed by atoms with Crippen molar-refractivity contribution in [1.82, 2.24) is 0 Å². The summed E-state index contributed by atoms with van der Waals surface area (Å²) in [4.78, 5) is 0. The van der Waals surface area contributed by atoms with Crippen LogP contribution in [0.3, 0.4) is 0 Å². The highest BCUT2D eigenvalue weighted by atomic mass is 14.3. The average molecular weight is 706 g/mol. The first-order valence-corrected chi connectivity index (χ1v) is 18.9. The number of rotatable bonds is 12. The fraction of sp³-hybridized carbons (Fsp3) is 0.0545. The Hall–Kier alpha value is -6.76. The Labute approximate surface area is 327 Å². The lowest BCUT2D eigenvalue weighted by Gasteiger charge is -2.33. The van der Waals surface area contributed by atoms with Crippen LogP contribution in [0.15, 0.2) is 176 Å². The van der Waals surface area contributed by atoms with Crippen molar-refractivity contribution in [2.75, 3.05) is 0 Å². The Morgan fingerprint density at radius 2 is 0.582 bits per heavy atom. The zero-order chi connectivity index (χ0) is 37.7. The second-order valence-corrected chi connectivity index (χ2v) is 14.1. The Morgan fingerprint density at radius 1 is 0.309 bits per heavy atom. The molecule has 7 rings (SSSR count). The van der Waals surface area contributed by atoms with Crippen LogP contribution in [-0.2, 0) is 5.41 Å². The van der Waals surface area contributed by atoms with Crippen molar-refractivity contribution in [3.05, 3.63) is 249 Å². The summed E-state index contributed by atoms with van der Waals surface area (Å²) in [5.41, 5.74) is 13.4. The van der Waals surface area contributed by atoms with Crippen LogP contribution in [0.1, 0.15) is 80.6 Å². The zero-order valence-corrected chi connectivity index (χ0v) is 31.5. The van der Waals surface area contributed by atoms with Gasteiger partial charge in [-0.3, -0.25) is 0 Å². The van der Waals surface area contributed by atoms with Crippen molar-refractivity contribution in [3.8, 4) is 0 Å². The van der Waals surface area contributed by atoms with E-state index in [1.54, 1.807) is 0 Å². The smallest absolute Gasteiger partial charge is 0.0165 e. The van der Waals surface area contributed by atoms with Crippen molar-refractivity contribution < 1.29 is 0 Å². The van der Waals surface area contributed by atoms with E-state index in [9.17, 15) is 0 Å². The van der Waals surface area contributed by atoms with Gasteiger partial charge in [0.25, 0.3) is 0 Å². The van der Waals surface area contributed by atoms with E-state index in [4.69, 9.17) is 0 Å². The highest BCUT2D eigenvalue weighted by Gasteiger charge is 2.31. The number of hydrogen-bond acceptors (Lipinski definition) is 0. The van der Waals surface area contributed by atoms with Gasteiger partial charge < -0.3 is 0 Å². The Bertz CT molecular complexity index is 2300. The van der Waals surface area contributed by atoms with E-state index in [1.807, 2.05) is 12.1 Å². The van der Waals surface area contributed by atoms with Crippen molar-refractivity contribution in [1.29, 1.82) is 0 Å². The van der Waals surface area contributed by atoms with Gasteiger partial charge in [-0.25, -0.2) is 0 Å². The first-order chi connectivity index (χ1) is 27.1. The first kappa shape index (κ1) is 36.6. The molecule has 0 fully saturated rings. The molecule has 1 radical (unpaired) electrons. The van der Waals surface area contributed by atoms with E-state index >= 15 is 0 Å². The molecule has 0 aromatic heterocycles. The molecule has 0 saturated carbocycles. The molecule has 0 bridgehead atoms. The summed E-state index contributed by atoms with van der Waals surface area (Å²) in [6.07, 6.45) is 22.8. The quantitative estimate of drug-likeness (QED) is 0.111. The molecule has 0 N–H and O–H groups in total. The normalized spacial score (nSPS) is 12.2. The van der Waals surface area contributed by atoms with Crippen LogP contribution in [0.25, 0.3) is 60.8 Å². The van der Waals surface area contributed by atoms with Crippen LogP contribution in [-0.4, -0.2) is 0 Å². The molecule has 0 aliphatic heterocycles. The first-order valence-electron chi connectivity index (χ1n) is 18.9. The van der Waals surface area contributed by atoms with E-state index in [2.05, 4.69) is 244 Å². The van der Waals surface area contributed by atoms with Crippen LogP contribution in [0.4, 0.5) is 0 Å². The third-order valence-corrected chi connectivity index (χ3v) is 9.92. The topological polar surface area (TPSA) is 0 Å². The largest absolute Gasteiger partial charge is 0.0622 e. The van der Waals surface area contributed by atoms with Gasteiger partial charge in [-0.1, -0.05) is 251 Å². The molecule has 55 heavy (non-hydrogen) atoms. The molecule has 7 aromatic rings. The molecule has 265 valence electrons.